The second kappa shape index (κ2) is 5.08. The van der Waals surface area contributed by atoms with E-state index in [-0.39, 0.29) is 22.4 Å². The molecule has 1 aromatic heterocycles. The Balaban J connectivity index is 2.34. The van der Waals surface area contributed by atoms with Gasteiger partial charge in [-0.05, 0) is 24.0 Å². The third-order valence-corrected chi connectivity index (χ3v) is 3.82. The highest BCUT2D eigenvalue weighted by Gasteiger charge is 2.32. The number of pyridine rings is 1. The fourth-order valence-corrected chi connectivity index (χ4v) is 2.69. The lowest BCUT2D eigenvalue weighted by Gasteiger charge is -2.16. The molecule has 2 aromatic rings. The molecule has 0 aliphatic carbocycles. The summed E-state index contributed by atoms with van der Waals surface area (Å²) in [5, 5.41) is 20.8. The monoisotopic (exact) mass is 313 g/mol. The zero-order valence-corrected chi connectivity index (χ0v) is 12.0. The fraction of sp³-hybridized carbons (Fsp3) is 0.0714. The Bertz CT molecular complexity index is 919. The van der Waals surface area contributed by atoms with Crippen LogP contribution >= 0.6 is 0 Å². The molecule has 5 N–H and O–H groups in total. The molecule has 0 bridgehead atoms. The molecule has 2 amide bonds. The summed E-state index contributed by atoms with van der Waals surface area (Å²) in [5.74, 6) is -1.52. The van der Waals surface area contributed by atoms with Crippen molar-refractivity contribution in [1.29, 1.82) is 0 Å². The first kappa shape index (κ1) is 15.0. The summed E-state index contributed by atoms with van der Waals surface area (Å²) in [6.07, 6.45) is 0. The van der Waals surface area contributed by atoms with Crippen LogP contribution < -0.4 is 22.1 Å². The summed E-state index contributed by atoms with van der Waals surface area (Å²) in [6, 6.07) is 5.61. The average Bonchev–Trinajstić information content (AvgIpc) is 2.75. The van der Waals surface area contributed by atoms with E-state index in [0.717, 1.165) is 10.6 Å². The van der Waals surface area contributed by atoms with Crippen molar-refractivity contribution < 1.29 is 19.6 Å². The van der Waals surface area contributed by atoms with Crippen molar-refractivity contribution in [3.05, 3.63) is 51.3 Å². The first-order chi connectivity index (χ1) is 10.8. The molecule has 0 fully saturated rings. The van der Waals surface area contributed by atoms with Gasteiger partial charge in [-0.25, -0.2) is 0 Å². The molecule has 1 aliphatic rings. The van der Waals surface area contributed by atoms with Gasteiger partial charge in [-0.15, -0.1) is 0 Å². The molecule has 0 saturated carbocycles. The maximum absolute atomic E-state index is 12.4. The highest BCUT2D eigenvalue weighted by molar-refractivity contribution is 6.59. The van der Waals surface area contributed by atoms with Crippen molar-refractivity contribution in [3.63, 3.8) is 0 Å². The van der Waals surface area contributed by atoms with Crippen molar-refractivity contribution in [2.24, 2.45) is 0 Å². The van der Waals surface area contributed by atoms with E-state index in [9.17, 15) is 24.4 Å². The number of carbonyl (C=O) groups excluding carboxylic acids is 2. The number of aromatic nitrogens is 1. The number of anilines is 1. The van der Waals surface area contributed by atoms with Crippen molar-refractivity contribution >= 4 is 30.2 Å². The van der Waals surface area contributed by atoms with E-state index in [1.54, 1.807) is 13.0 Å². The van der Waals surface area contributed by atoms with Crippen LogP contribution in [0.3, 0.4) is 0 Å². The molecule has 0 spiro atoms. The van der Waals surface area contributed by atoms with Gasteiger partial charge in [0.25, 0.3) is 17.4 Å². The fourth-order valence-electron chi connectivity index (χ4n) is 2.69. The van der Waals surface area contributed by atoms with Gasteiger partial charge in [0.1, 0.15) is 5.82 Å². The van der Waals surface area contributed by atoms with Crippen LogP contribution in [0.4, 0.5) is 5.82 Å². The lowest BCUT2D eigenvalue weighted by atomic mass is 9.77. The molecule has 23 heavy (non-hydrogen) atoms. The molecule has 0 atom stereocenters. The number of carbonyl (C=O) groups is 2. The SMILES string of the molecule is Cc1c(B(O)O)cccc1-n1c(N)c2c(cc1=O)C(=O)NC2=O. The number of hydrogen-bond donors (Lipinski definition) is 4. The number of nitrogens with two attached hydrogens (primary N) is 1. The molecule has 2 heterocycles. The van der Waals surface area contributed by atoms with Gasteiger partial charge in [-0.1, -0.05) is 12.1 Å². The molecular weight excluding hydrogens is 301 g/mol. The predicted molar refractivity (Wildman–Crippen MR) is 82.8 cm³/mol. The molecule has 0 unspecified atom stereocenters. The number of nitrogen functional groups attached to an aromatic ring is 1. The first-order valence-corrected chi connectivity index (χ1v) is 6.70. The minimum Gasteiger partial charge on any atom is -0.423 e. The van der Waals surface area contributed by atoms with Crippen LogP contribution in [-0.2, 0) is 0 Å². The molecule has 1 aromatic carbocycles. The maximum Gasteiger partial charge on any atom is 0.488 e. The third-order valence-electron chi connectivity index (χ3n) is 3.82. The number of nitrogens with one attached hydrogen (secondary N) is 1. The normalized spacial score (nSPS) is 13.0. The first-order valence-electron chi connectivity index (χ1n) is 6.70. The topological polar surface area (TPSA) is 135 Å². The molecule has 8 nitrogen and oxygen atoms in total. The molecule has 116 valence electrons. The molecule has 1 aliphatic heterocycles. The van der Waals surface area contributed by atoms with E-state index in [4.69, 9.17) is 5.73 Å². The zero-order valence-electron chi connectivity index (χ0n) is 12.0. The van der Waals surface area contributed by atoms with E-state index < -0.39 is 24.5 Å². The third kappa shape index (κ3) is 2.14. The molecule has 3 rings (SSSR count). The number of amides is 2. The molecule has 9 heteroatoms. The van der Waals surface area contributed by atoms with Gasteiger partial charge in [-0.2, -0.15) is 0 Å². The van der Waals surface area contributed by atoms with Crippen molar-refractivity contribution in [1.82, 2.24) is 9.88 Å². The largest absolute Gasteiger partial charge is 0.488 e. The van der Waals surface area contributed by atoms with Gasteiger partial charge in [0.15, 0.2) is 0 Å². The Morgan fingerprint density at radius 2 is 1.87 bits per heavy atom. The predicted octanol–water partition coefficient (Wildman–Crippen LogP) is -1.71. The number of imide groups is 1. The number of benzene rings is 1. The van der Waals surface area contributed by atoms with Gasteiger partial charge in [0.05, 0.1) is 16.8 Å². The van der Waals surface area contributed by atoms with Gasteiger partial charge >= 0.3 is 7.12 Å². The molecule has 0 saturated heterocycles. The van der Waals surface area contributed by atoms with Crippen LogP contribution in [0.25, 0.3) is 5.69 Å². The van der Waals surface area contributed by atoms with Gasteiger partial charge < -0.3 is 15.8 Å². The average molecular weight is 313 g/mol. The Kier molecular flexibility index (Phi) is 3.31. The Hall–Kier alpha value is -2.91. The van der Waals surface area contributed by atoms with Crippen molar-refractivity contribution in [2.45, 2.75) is 6.92 Å². The Labute approximate surface area is 130 Å². The molecular formula is C14H12BN3O5. The van der Waals surface area contributed by atoms with Crippen molar-refractivity contribution in [2.75, 3.05) is 5.73 Å². The zero-order chi connectivity index (χ0) is 16.9. The second-order valence-electron chi connectivity index (χ2n) is 5.14. The smallest absolute Gasteiger partial charge is 0.423 e. The van der Waals surface area contributed by atoms with Crippen LogP contribution in [0.1, 0.15) is 26.3 Å². The van der Waals surface area contributed by atoms with Crippen LogP contribution in [0.2, 0.25) is 0 Å². The van der Waals surface area contributed by atoms with E-state index in [1.807, 2.05) is 0 Å². The summed E-state index contributed by atoms with van der Waals surface area (Å²) in [6.45, 7) is 1.59. The highest BCUT2D eigenvalue weighted by atomic mass is 16.4. The second-order valence-corrected chi connectivity index (χ2v) is 5.14. The van der Waals surface area contributed by atoms with Gasteiger partial charge in [-0.3, -0.25) is 24.3 Å². The number of hydrogen-bond acceptors (Lipinski definition) is 6. The van der Waals surface area contributed by atoms with E-state index >= 15 is 0 Å². The van der Waals surface area contributed by atoms with Crippen LogP contribution in [0, 0.1) is 6.92 Å². The summed E-state index contributed by atoms with van der Waals surface area (Å²) in [4.78, 5) is 35.8. The molecule has 0 radical (unpaired) electrons. The van der Waals surface area contributed by atoms with Crippen LogP contribution in [0.15, 0.2) is 29.1 Å². The summed E-state index contributed by atoms with van der Waals surface area (Å²) in [7, 11) is -1.72. The highest BCUT2D eigenvalue weighted by Crippen LogP contribution is 2.23. The number of rotatable bonds is 2. The standard InChI is InChI=1S/C14H12BN3O5/c1-6-8(15(22)23)3-2-4-9(6)18-10(19)5-7-11(12(18)16)14(21)17-13(7)20/h2-5,22-23H,16H2,1H3,(H,17,20,21). The summed E-state index contributed by atoms with van der Waals surface area (Å²) in [5.41, 5.74) is 6.13. The minimum atomic E-state index is -1.72. The number of fused-ring (bicyclic) bond motifs is 1. The summed E-state index contributed by atoms with van der Waals surface area (Å²) >= 11 is 0. The van der Waals surface area contributed by atoms with Gasteiger partial charge in [0, 0.05) is 6.07 Å². The summed E-state index contributed by atoms with van der Waals surface area (Å²) < 4.78 is 1.07. The minimum absolute atomic E-state index is 0.0650. The quantitative estimate of drug-likeness (QED) is 0.385. The Morgan fingerprint density at radius 1 is 1.17 bits per heavy atom. The number of nitrogens with zero attached hydrogens (tertiary/aromatic N) is 1. The lowest BCUT2D eigenvalue weighted by Crippen LogP contribution is -2.34. The van der Waals surface area contributed by atoms with E-state index in [0.29, 0.717) is 11.3 Å². The lowest BCUT2D eigenvalue weighted by molar-refractivity contribution is 0.0880. The maximum atomic E-state index is 12.4. The van der Waals surface area contributed by atoms with Crippen molar-refractivity contribution in [3.8, 4) is 5.69 Å². The Morgan fingerprint density at radius 3 is 2.52 bits per heavy atom. The van der Waals surface area contributed by atoms with E-state index in [1.165, 1.54) is 12.1 Å². The van der Waals surface area contributed by atoms with Gasteiger partial charge in [0.2, 0.25) is 0 Å². The van der Waals surface area contributed by atoms with Crippen LogP contribution in [0.5, 0.6) is 0 Å². The van der Waals surface area contributed by atoms with E-state index in [2.05, 4.69) is 5.32 Å². The van der Waals surface area contributed by atoms with Crippen LogP contribution in [-0.4, -0.2) is 33.5 Å².